The van der Waals surface area contributed by atoms with Crippen LogP contribution in [0.15, 0.2) is 18.2 Å². The molecule has 1 atom stereocenters. The molecule has 0 saturated heterocycles. The van der Waals surface area contributed by atoms with E-state index >= 15 is 0 Å². The van der Waals surface area contributed by atoms with E-state index in [9.17, 15) is 8.78 Å². The maximum atomic E-state index is 14.2. The second-order valence-corrected chi connectivity index (χ2v) is 6.11. The SMILES string of the molecule is CCNC(c1ccc(F)cc1F)C1(OC)CCC(C)CC1. The van der Waals surface area contributed by atoms with Crippen LogP contribution >= 0.6 is 0 Å². The topological polar surface area (TPSA) is 21.3 Å². The molecule has 118 valence electrons. The highest BCUT2D eigenvalue weighted by Crippen LogP contribution is 2.43. The Morgan fingerprint density at radius 3 is 2.52 bits per heavy atom. The van der Waals surface area contributed by atoms with E-state index in [-0.39, 0.29) is 6.04 Å². The minimum atomic E-state index is -0.546. The molecule has 0 amide bonds. The van der Waals surface area contributed by atoms with E-state index in [4.69, 9.17) is 4.74 Å². The quantitative estimate of drug-likeness (QED) is 0.879. The van der Waals surface area contributed by atoms with Crippen molar-refractivity contribution in [1.29, 1.82) is 0 Å². The van der Waals surface area contributed by atoms with Gasteiger partial charge in [0.05, 0.1) is 11.6 Å². The molecular weight excluding hydrogens is 272 g/mol. The Balaban J connectivity index is 2.36. The highest BCUT2D eigenvalue weighted by molar-refractivity contribution is 5.25. The average Bonchev–Trinajstić information content (AvgIpc) is 2.47. The van der Waals surface area contributed by atoms with Crippen molar-refractivity contribution in [2.75, 3.05) is 13.7 Å². The van der Waals surface area contributed by atoms with Gasteiger partial charge in [0.1, 0.15) is 11.6 Å². The summed E-state index contributed by atoms with van der Waals surface area (Å²) < 4.78 is 33.3. The zero-order valence-electron chi connectivity index (χ0n) is 13.1. The number of rotatable bonds is 5. The highest BCUT2D eigenvalue weighted by atomic mass is 19.1. The molecule has 1 unspecified atom stereocenters. The molecule has 0 aromatic heterocycles. The molecule has 0 aliphatic heterocycles. The van der Waals surface area contributed by atoms with Crippen LogP contribution in [0.3, 0.4) is 0 Å². The number of ether oxygens (including phenoxy) is 1. The van der Waals surface area contributed by atoms with E-state index in [0.717, 1.165) is 31.7 Å². The van der Waals surface area contributed by atoms with Gasteiger partial charge in [-0.3, -0.25) is 0 Å². The van der Waals surface area contributed by atoms with Gasteiger partial charge in [-0.25, -0.2) is 8.78 Å². The standard InChI is InChI=1S/C17H25F2NO/c1-4-20-16(14-6-5-13(18)11-15(14)19)17(21-3)9-7-12(2)8-10-17/h5-6,11-12,16,20H,4,7-10H2,1-3H3. The molecule has 2 rings (SSSR count). The monoisotopic (exact) mass is 297 g/mol. The van der Waals surface area contributed by atoms with Crippen molar-refractivity contribution >= 4 is 0 Å². The van der Waals surface area contributed by atoms with E-state index in [0.29, 0.717) is 18.0 Å². The average molecular weight is 297 g/mol. The summed E-state index contributed by atoms with van der Waals surface area (Å²) in [5, 5.41) is 3.35. The Morgan fingerprint density at radius 1 is 1.33 bits per heavy atom. The Labute approximate surface area is 125 Å². The van der Waals surface area contributed by atoms with E-state index in [1.54, 1.807) is 7.11 Å². The first kappa shape index (κ1) is 16.4. The lowest BCUT2D eigenvalue weighted by Crippen LogP contribution is -2.48. The van der Waals surface area contributed by atoms with Crippen LogP contribution in [-0.4, -0.2) is 19.3 Å². The smallest absolute Gasteiger partial charge is 0.131 e. The zero-order valence-corrected chi connectivity index (χ0v) is 13.1. The van der Waals surface area contributed by atoms with Crippen molar-refractivity contribution in [2.24, 2.45) is 5.92 Å². The number of hydrogen-bond donors (Lipinski definition) is 1. The molecule has 1 fully saturated rings. The van der Waals surface area contributed by atoms with Gasteiger partial charge in [-0.15, -0.1) is 0 Å². The molecule has 1 aromatic carbocycles. The number of likely N-dealkylation sites (N-methyl/N-ethyl adjacent to an activating group) is 1. The Kier molecular flexibility index (Phi) is 5.33. The van der Waals surface area contributed by atoms with E-state index in [1.165, 1.54) is 12.1 Å². The zero-order chi connectivity index (χ0) is 15.5. The van der Waals surface area contributed by atoms with Crippen molar-refractivity contribution in [1.82, 2.24) is 5.32 Å². The highest BCUT2D eigenvalue weighted by Gasteiger charge is 2.42. The molecule has 21 heavy (non-hydrogen) atoms. The number of methoxy groups -OCH3 is 1. The van der Waals surface area contributed by atoms with Crippen LogP contribution < -0.4 is 5.32 Å². The summed E-state index contributed by atoms with van der Waals surface area (Å²) in [4.78, 5) is 0. The molecule has 0 spiro atoms. The van der Waals surface area contributed by atoms with Gasteiger partial charge in [-0.1, -0.05) is 19.9 Å². The van der Waals surface area contributed by atoms with E-state index in [2.05, 4.69) is 12.2 Å². The molecule has 1 saturated carbocycles. The van der Waals surface area contributed by atoms with Crippen LogP contribution in [0.1, 0.15) is 51.1 Å². The first-order valence-electron chi connectivity index (χ1n) is 7.76. The predicted octanol–water partition coefficient (Wildman–Crippen LogP) is 4.21. The molecule has 0 radical (unpaired) electrons. The summed E-state index contributed by atoms with van der Waals surface area (Å²) >= 11 is 0. The number of benzene rings is 1. The number of nitrogens with one attached hydrogen (secondary N) is 1. The molecule has 0 bridgehead atoms. The van der Waals surface area contributed by atoms with Crippen LogP contribution in [-0.2, 0) is 4.74 Å². The largest absolute Gasteiger partial charge is 0.376 e. The minimum Gasteiger partial charge on any atom is -0.376 e. The van der Waals surface area contributed by atoms with Crippen molar-refractivity contribution in [3.63, 3.8) is 0 Å². The maximum absolute atomic E-state index is 14.2. The van der Waals surface area contributed by atoms with Gasteiger partial charge in [0.2, 0.25) is 0 Å². The van der Waals surface area contributed by atoms with Crippen molar-refractivity contribution in [3.05, 3.63) is 35.4 Å². The van der Waals surface area contributed by atoms with Crippen LogP contribution in [0, 0.1) is 17.6 Å². The molecular formula is C17H25F2NO. The normalized spacial score (nSPS) is 27.6. The fraction of sp³-hybridized carbons (Fsp3) is 0.647. The van der Waals surface area contributed by atoms with Gasteiger partial charge in [0.15, 0.2) is 0 Å². The summed E-state index contributed by atoms with van der Waals surface area (Å²) in [6.07, 6.45) is 3.91. The Morgan fingerprint density at radius 2 is 2.00 bits per heavy atom. The third kappa shape index (κ3) is 3.43. The van der Waals surface area contributed by atoms with E-state index in [1.807, 2.05) is 6.92 Å². The van der Waals surface area contributed by atoms with Gasteiger partial charge in [0.25, 0.3) is 0 Å². The molecule has 1 N–H and O–H groups in total. The number of halogens is 2. The minimum absolute atomic E-state index is 0.249. The Hall–Kier alpha value is -1.00. The van der Waals surface area contributed by atoms with Crippen LogP contribution in [0.2, 0.25) is 0 Å². The first-order chi connectivity index (χ1) is 10.0. The second kappa shape index (κ2) is 6.84. The van der Waals surface area contributed by atoms with Crippen LogP contribution in [0.25, 0.3) is 0 Å². The van der Waals surface area contributed by atoms with Gasteiger partial charge < -0.3 is 10.1 Å². The fourth-order valence-corrected chi connectivity index (χ4v) is 3.38. The van der Waals surface area contributed by atoms with Crippen LogP contribution in [0.4, 0.5) is 8.78 Å². The molecule has 2 nitrogen and oxygen atoms in total. The third-order valence-electron chi connectivity index (χ3n) is 4.74. The lowest BCUT2D eigenvalue weighted by Gasteiger charge is -2.44. The van der Waals surface area contributed by atoms with Crippen molar-refractivity contribution in [2.45, 2.75) is 51.2 Å². The fourth-order valence-electron chi connectivity index (χ4n) is 3.38. The summed E-state index contributed by atoms with van der Waals surface area (Å²) in [6.45, 7) is 4.94. The number of hydrogen-bond acceptors (Lipinski definition) is 2. The Bertz CT molecular complexity index is 470. The summed E-state index contributed by atoms with van der Waals surface area (Å²) in [5.41, 5.74) is 0.0796. The van der Waals surface area contributed by atoms with E-state index < -0.39 is 17.2 Å². The van der Waals surface area contributed by atoms with Gasteiger partial charge in [-0.05, 0) is 44.2 Å². The van der Waals surface area contributed by atoms with Gasteiger partial charge in [-0.2, -0.15) is 0 Å². The third-order valence-corrected chi connectivity index (χ3v) is 4.74. The van der Waals surface area contributed by atoms with Crippen molar-refractivity contribution in [3.8, 4) is 0 Å². The van der Waals surface area contributed by atoms with Gasteiger partial charge >= 0.3 is 0 Å². The maximum Gasteiger partial charge on any atom is 0.131 e. The second-order valence-electron chi connectivity index (χ2n) is 6.11. The first-order valence-corrected chi connectivity index (χ1v) is 7.76. The van der Waals surface area contributed by atoms with Crippen molar-refractivity contribution < 1.29 is 13.5 Å². The molecule has 1 aromatic rings. The van der Waals surface area contributed by atoms with Gasteiger partial charge in [0, 0.05) is 18.7 Å². The molecule has 1 aliphatic rings. The lowest BCUT2D eigenvalue weighted by atomic mass is 9.73. The lowest BCUT2D eigenvalue weighted by molar-refractivity contribution is -0.0764. The summed E-state index contributed by atoms with van der Waals surface area (Å²) in [6, 6.07) is 3.56. The molecule has 0 heterocycles. The summed E-state index contributed by atoms with van der Waals surface area (Å²) in [5.74, 6) is -0.375. The molecule has 1 aliphatic carbocycles. The van der Waals surface area contributed by atoms with Crippen LogP contribution in [0.5, 0.6) is 0 Å². The predicted molar refractivity (Wildman–Crippen MR) is 80.1 cm³/mol. The molecule has 4 heteroatoms. The summed E-state index contributed by atoms with van der Waals surface area (Å²) in [7, 11) is 1.70.